The van der Waals surface area contributed by atoms with Gasteiger partial charge < -0.3 is 10.2 Å². The Morgan fingerprint density at radius 3 is 2.17 bits per heavy atom. The van der Waals surface area contributed by atoms with Crippen molar-refractivity contribution in [1.82, 2.24) is 4.90 Å². The molecule has 3 atom stereocenters. The van der Waals surface area contributed by atoms with Crippen LogP contribution < -0.4 is 0 Å². The van der Waals surface area contributed by atoms with Crippen molar-refractivity contribution in [3.63, 3.8) is 0 Å². The summed E-state index contributed by atoms with van der Waals surface area (Å²) >= 11 is 0. The Bertz CT molecular complexity index is 414. The van der Waals surface area contributed by atoms with Crippen LogP contribution in [0.3, 0.4) is 0 Å². The largest absolute Gasteiger partial charge is 0.479 e. The van der Waals surface area contributed by atoms with Crippen LogP contribution in [-0.4, -0.2) is 45.0 Å². The summed E-state index contributed by atoms with van der Waals surface area (Å²) in [6, 6.07) is 0. The molecule has 1 fully saturated rings. The first-order valence-electron chi connectivity index (χ1n) is 5.80. The first-order chi connectivity index (χ1) is 8.34. The molecule has 0 aromatic rings. The number of carbonyl (C=O) groups excluding carboxylic acids is 2. The quantitative estimate of drug-likeness (QED) is 0.535. The van der Waals surface area contributed by atoms with Crippen LogP contribution in [0.1, 0.15) is 19.8 Å². The van der Waals surface area contributed by atoms with Gasteiger partial charge in [-0.2, -0.15) is 0 Å². The Morgan fingerprint density at radius 1 is 1.33 bits per heavy atom. The topological polar surface area (TPSA) is 94.9 Å². The summed E-state index contributed by atoms with van der Waals surface area (Å²) in [7, 11) is 0. The molecule has 2 aliphatic rings. The van der Waals surface area contributed by atoms with Crippen LogP contribution in [-0.2, 0) is 14.4 Å². The fourth-order valence-electron chi connectivity index (χ4n) is 2.40. The van der Waals surface area contributed by atoms with Crippen LogP contribution in [0.5, 0.6) is 0 Å². The molecule has 2 N–H and O–H groups in total. The number of carboxylic acids is 1. The van der Waals surface area contributed by atoms with Crippen LogP contribution in [0, 0.1) is 11.8 Å². The number of aliphatic carboxylic acids is 1. The van der Waals surface area contributed by atoms with Gasteiger partial charge in [0, 0.05) is 0 Å². The van der Waals surface area contributed by atoms with Gasteiger partial charge in [-0.3, -0.25) is 14.5 Å². The lowest BCUT2D eigenvalue weighted by Gasteiger charge is -2.24. The molecule has 0 spiro atoms. The maximum Gasteiger partial charge on any atom is 0.337 e. The van der Waals surface area contributed by atoms with Gasteiger partial charge in [0.2, 0.25) is 11.8 Å². The van der Waals surface area contributed by atoms with Crippen molar-refractivity contribution in [2.75, 3.05) is 6.54 Å². The van der Waals surface area contributed by atoms with E-state index in [2.05, 4.69) is 0 Å². The van der Waals surface area contributed by atoms with Crippen molar-refractivity contribution < 1.29 is 24.6 Å². The first-order valence-corrected chi connectivity index (χ1v) is 5.80. The van der Waals surface area contributed by atoms with Crippen LogP contribution >= 0.6 is 0 Å². The Balaban J connectivity index is 2.19. The molecule has 98 valence electrons. The number of nitrogens with zero attached hydrogens (tertiary/aromatic N) is 1. The third kappa shape index (κ3) is 1.92. The number of rotatable bonds is 3. The standard InChI is InChI=1S/C12H15NO5/c1-12(18,11(16)17)6-13-9(14)7-4-2-3-5-8(7)10(13)15/h2-3,7-8,18H,4-6H2,1H3,(H,16,17). The van der Waals surface area contributed by atoms with E-state index in [1.165, 1.54) is 0 Å². The molecule has 1 saturated heterocycles. The number of allylic oxidation sites excluding steroid dienone is 2. The Labute approximate surface area is 104 Å². The summed E-state index contributed by atoms with van der Waals surface area (Å²) in [5.41, 5.74) is -2.10. The molecule has 1 aliphatic carbocycles. The van der Waals surface area contributed by atoms with Crippen molar-refractivity contribution in [2.45, 2.75) is 25.4 Å². The van der Waals surface area contributed by atoms with E-state index >= 15 is 0 Å². The van der Waals surface area contributed by atoms with Crippen molar-refractivity contribution in [3.05, 3.63) is 12.2 Å². The summed E-state index contributed by atoms with van der Waals surface area (Å²) < 4.78 is 0. The predicted molar refractivity (Wildman–Crippen MR) is 60.3 cm³/mol. The van der Waals surface area contributed by atoms with E-state index in [1.54, 1.807) is 0 Å². The Hall–Kier alpha value is -1.69. The van der Waals surface area contributed by atoms with E-state index in [-0.39, 0.29) is 11.8 Å². The zero-order chi connectivity index (χ0) is 13.5. The second-order valence-corrected chi connectivity index (χ2v) is 5.00. The molecule has 6 heteroatoms. The summed E-state index contributed by atoms with van der Waals surface area (Å²) in [5.74, 6) is -3.00. The molecule has 2 amide bonds. The maximum absolute atomic E-state index is 12.0. The highest BCUT2D eigenvalue weighted by molar-refractivity contribution is 6.05. The summed E-state index contributed by atoms with van der Waals surface area (Å²) in [6.45, 7) is 0.586. The SMILES string of the molecule is CC(O)(CN1C(=O)C2CC=CCC2C1=O)C(=O)O. The average molecular weight is 253 g/mol. The zero-order valence-electron chi connectivity index (χ0n) is 10.00. The molecule has 18 heavy (non-hydrogen) atoms. The lowest BCUT2D eigenvalue weighted by molar-refractivity contribution is -0.161. The minimum absolute atomic E-state index is 0.379. The van der Waals surface area contributed by atoms with Gasteiger partial charge in [-0.15, -0.1) is 0 Å². The number of hydrogen-bond acceptors (Lipinski definition) is 4. The van der Waals surface area contributed by atoms with Gasteiger partial charge in [0.15, 0.2) is 5.60 Å². The van der Waals surface area contributed by atoms with E-state index in [4.69, 9.17) is 5.11 Å². The minimum atomic E-state index is -2.10. The minimum Gasteiger partial charge on any atom is -0.479 e. The van der Waals surface area contributed by atoms with E-state index < -0.39 is 30.0 Å². The molecule has 0 saturated carbocycles. The number of fused-ring (bicyclic) bond motifs is 1. The average Bonchev–Trinajstić information content (AvgIpc) is 2.55. The van der Waals surface area contributed by atoms with E-state index in [9.17, 15) is 19.5 Å². The van der Waals surface area contributed by atoms with Crippen LogP contribution in [0.2, 0.25) is 0 Å². The van der Waals surface area contributed by atoms with Gasteiger partial charge in [-0.25, -0.2) is 4.79 Å². The predicted octanol–water partition coefficient (Wildman–Crippen LogP) is -0.227. The highest BCUT2D eigenvalue weighted by atomic mass is 16.4. The Morgan fingerprint density at radius 2 is 1.78 bits per heavy atom. The molecule has 0 aromatic heterocycles. The molecule has 3 unspecified atom stereocenters. The second-order valence-electron chi connectivity index (χ2n) is 5.00. The van der Waals surface area contributed by atoms with Crippen molar-refractivity contribution >= 4 is 17.8 Å². The number of imide groups is 1. The molecule has 0 aromatic carbocycles. The molecule has 1 aliphatic heterocycles. The maximum atomic E-state index is 12.0. The number of aliphatic hydroxyl groups is 1. The third-order valence-electron chi connectivity index (χ3n) is 3.53. The highest BCUT2D eigenvalue weighted by Crippen LogP contribution is 2.35. The van der Waals surface area contributed by atoms with Crippen molar-refractivity contribution in [1.29, 1.82) is 0 Å². The number of carbonyl (C=O) groups is 3. The summed E-state index contributed by atoms with van der Waals surface area (Å²) in [4.78, 5) is 35.7. The zero-order valence-corrected chi connectivity index (χ0v) is 10.00. The van der Waals surface area contributed by atoms with Crippen molar-refractivity contribution in [2.24, 2.45) is 11.8 Å². The van der Waals surface area contributed by atoms with E-state index in [0.717, 1.165) is 11.8 Å². The molecule has 1 heterocycles. The first kappa shape index (κ1) is 12.8. The van der Waals surface area contributed by atoms with Gasteiger partial charge in [0.1, 0.15) is 0 Å². The van der Waals surface area contributed by atoms with E-state index in [0.29, 0.717) is 12.8 Å². The smallest absolute Gasteiger partial charge is 0.337 e. The molecule has 6 nitrogen and oxygen atoms in total. The fraction of sp³-hybridized carbons (Fsp3) is 0.583. The highest BCUT2D eigenvalue weighted by Gasteiger charge is 2.49. The number of carboxylic acid groups (broad SMARTS) is 1. The molecular formula is C12H15NO5. The number of likely N-dealkylation sites (tertiary alicyclic amines) is 1. The lowest BCUT2D eigenvalue weighted by Crippen LogP contribution is -2.49. The normalized spacial score (nSPS) is 30.2. The molecular weight excluding hydrogens is 238 g/mol. The van der Waals surface area contributed by atoms with Crippen LogP contribution in [0.25, 0.3) is 0 Å². The molecule has 0 radical (unpaired) electrons. The number of amides is 2. The molecule has 0 bridgehead atoms. The second kappa shape index (κ2) is 4.20. The summed E-state index contributed by atoms with van der Waals surface area (Å²) in [5, 5.41) is 18.5. The van der Waals surface area contributed by atoms with E-state index in [1.807, 2.05) is 12.2 Å². The van der Waals surface area contributed by atoms with Crippen LogP contribution in [0.15, 0.2) is 12.2 Å². The number of hydrogen-bond donors (Lipinski definition) is 2. The monoisotopic (exact) mass is 253 g/mol. The third-order valence-corrected chi connectivity index (χ3v) is 3.53. The summed E-state index contributed by atoms with van der Waals surface area (Å²) in [6.07, 6.45) is 4.71. The van der Waals surface area contributed by atoms with Gasteiger partial charge in [-0.1, -0.05) is 12.2 Å². The molecule has 2 rings (SSSR count). The number of β-amino-alcohol motifs (C(OH)–C–C–N with tert-alkyl or cyclic N) is 1. The Kier molecular flexibility index (Phi) is 2.98. The fourth-order valence-corrected chi connectivity index (χ4v) is 2.40. The van der Waals surface area contributed by atoms with Crippen LogP contribution in [0.4, 0.5) is 0 Å². The van der Waals surface area contributed by atoms with Gasteiger partial charge in [0.05, 0.1) is 18.4 Å². The lowest BCUT2D eigenvalue weighted by atomic mass is 9.85. The van der Waals surface area contributed by atoms with Crippen molar-refractivity contribution in [3.8, 4) is 0 Å². The van der Waals surface area contributed by atoms with Gasteiger partial charge in [0.25, 0.3) is 0 Å². The van der Waals surface area contributed by atoms with Gasteiger partial charge >= 0.3 is 5.97 Å². The van der Waals surface area contributed by atoms with Gasteiger partial charge in [-0.05, 0) is 19.8 Å².